The largest absolute Gasteiger partial charge is 0.487 e. The zero-order chi connectivity index (χ0) is 13.9. The van der Waals surface area contributed by atoms with E-state index in [1.165, 1.54) is 6.20 Å². The lowest BCUT2D eigenvalue weighted by atomic mass is 10.1. The Bertz CT molecular complexity index is 744. The number of hydrogen-bond donors (Lipinski definition) is 1. The van der Waals surface area contributed by atoms with Crippen molar-refractivity contribution in [3.05, 3.63) is 59.5 Å². The number of hydrogen-bond acceptors (Lipinski definition) is 4. The summed E-state index contributed by atoms with van der Waals surface area (Å²) < 4.78 is 5.80. The second-order valence-corrected chi connectivity index (χ2v) is 4.72. The van der Waals surface area contributed by atoms with Crippen LogP contribution >= 0.6 is 11.6 Å². The molecule has 0 unspecified atom stereocenters. The molecule has 2 N–H and O–H groups in total. The Morgan fingerprint density at radius 2 is 1.80 bits per heavy atom. The molecule has 1 aromatic heterocycles. The quantitative estimate of drug-likeness (QED) is 0.801. The third-order valence-corrected chi connectivity index (χ3v) is 3.26. The predicted octanol–water partition coefficient (Wildman–Crippen LogP) is 3.44. The van der Waals surface area contributed by atoms with Gasteiger partial charge in [-0.2, -0.15) is 0 Å². The van der Waals surface area contributed by atoms with E-state index in [1.807, 2.05) is 36.4 Å². The van der Waals surface area contributed by atoms with E-state index in [2.05, 4.69) is 9.97 Å². The first-order chi connectivity index (χ1) is 9.74. The topological polar surface area (TPSA) is 61.0 Å². The third kappa shape index (κ3) is 2.51. The Hall–Kier alpha value is -2.33. The van der Waals surface area contributed by atoms with Crippen LogP contribution in [-0.4, -0.2) is 9.97 Å². The molecule has 0 bridgehead atoms. The smallest absolute Gasteiger partial charge is 0.141 e. The highest BCUT2D eigenvalue weighted by Gasteiger charge is 2.06. The monoisotopic (exact) mass is 285 g/mol. The van der Waals surface area contributed by atoms with Crippen LogP contribution in [0.3, 0.4) is 0 Å². The molecule has 0 radical (unpaired) electrons. The van der Waals surface area contributed by atoms with E-state index in [4.69, 9.17) is 22.1 Å². The van der Waals surface area contributed by atoms with Gasteiger partial charge in [0.05, 0.1) is 18.1 Å². The molecule has 0 atom stereocenters. The van der Waals surface area contributed by atoms with Gasteiger partial charge < -0.3 is 10.5 Å². The van der Waals surface area contributed by atoms with Crippen LogP contribution in [0.5, 0.6) is 5.75 Å². The molecule has 3 rings (SSSR count). The summed E-state index contributed by atoms with van der Waals surface area (Å²) in [5, 5.41) is 2.65. The SMILES string of the molecule is Nc1cnc(COc2ccc(Cl)c3ccccc23)cn1. The van der Waals surface area contributed by atoms with Crippen LogP contribution in [0.2, 0.25) is 5.02 Å². The second kappa shape index (κ2) is 5.35. The van der Waals surface area contributed by atoms with Crippen LogP contribution in [0, 0.1) is 0 Å². The maximum absolute atomic E-state index is 6.17. The molecule has 3 aromatic rings. The number of nitrogens with two attached hydrogens (primary N) is 1. The van der Waals surface area contributed by atoms with Crippen LogP contribution in [0.1, 0.15) is 5.69 Å². The Balaban J connectivity index is 1.88. The summed E-state index contributed by atoms with van der Waals surface area (Å²) in [5.41, 5.74) is 6.22. The number of anilines is 1. The molecule has 0 aliphatic rings. The first-order valence-electron chi connectivity index (χ1n) is 6.10. The summed E-state index contributed by atoms with van der Waals surface area (Å²) in [6.07, 6.45) is 3.12. The van der Waals surface area contributed by atoms with Gasteiger partial charge in [-0.05, 0) is 12.1 Å². The number of fused-ring (bicyclic) bond motifs is 1. The summed E-state index contributed by atoms with van der Waals surface area (Å²) in [6, 6.07) is 11.5. The molecule has 20 heavy (non-hydrogen) atoms. The number of nitrogens with zero attached hydrogens (tertiary/aromatic N) is 2. The average molecular weight is 286 g/mol. The highest BCUT2D eigenvalue weighted by atomic mass is 35.5. The van der Waals surface area contributed by atoms with Crippen molar-refractivity contribution < 1.29 is 4.74 Å². The Labute approximate surface area is 121 Å². The molecule has 0 saturated carbocycles. The van der Waals surface area contributed by atoms with Gasteiger partial charge in [0.2, 0.25) is 0 Å². The zero-order valence-corrected chi connectivity index (χ0v) is 11.3. The number of nitrogen functional groups attached to an aromatic ring is 1. The zero-order valence-electron chi connectivity index (χ0n) is 10.6. The molecule has 0 aliphatic heterocycles. The van der Waals surface area contributed by atoms with Crippen molar-refractivity contribution in [1.82, 2.24) is 9.97 Å². The van der Waals surface area contributed by atoms with Crippen LogP contribution in [0.15, 0.2) is 48.8 Å². The maximum Gasteiger partial charge on any atom is 0.141 e. The standard InChI is InChI=1S/C15H12ClN3O/c16-13-5-6-14(12-4-2-1-3-11(12)13)20-9-10-7-19-15(17)8-18-10/h1-8H,9H2,(H2,17,19). The first kappa shape index (κ1) is 12.7. The van der Waals surface area contributed by atoms with Crippen molar-refractivity contribution >= 4 is 28.2 Å². The Kier molecular flexibility index (Phi) is 3.39. The van der Waals surface area contributed by atoms with Gasteiger partial charge >= 0.3 is 0 Å². The van der Waals surface area contributed by atoms with Crippen molar-refractivity contribution in [1.29, 1.82) is 0 Å². The van der Waals surface area contributed by atoms with Gasteiger partial charge in [-0.15, -0.1) is 0 Å². The van der Waals surface area contributed by atoms with E-state index in [9.17, 15) is 0 Å². The molecule has 0 aliphatic carbocycles. The molecule has 100 valence electrons. The molecule has 0 fully saturated rings. The molecule has 1 heterocycles. The van der Waals surface area contributed by atoms with E-state index < -0.39 is 0 Å². The summed E-state index contributed by atoms with van der Waals surface area (Å²) in [7, 11) is 0. The Morgan fingerprint density at radius 1 is 1.00 bits per heavy atom. The van der Waals surface area contributed by atoms with Gasteiger partial charge in [-0.3, -0.25) is 4.98 Å². The lowest BCUT2D eigenvalue weighted by Gasteiger charge is -2.10. The van der Waals surface area contributed by atoms with Crippen LogP contribution in [0.25, 0.3) is 10.8 Å². The highest BCUT2D eigenvalue weighted by molar-refractivity contribution is 6.35. The minimum absolute atomic E-state index is 0.332. The fourth-order valence-electron chi connectivity index (χ4n) is 1.95. The fourth-order valence-corrected chi connectivity index (χ4v) is 2.18. The lowest BCUT2D eigenvalue weighted by Crippen LogP contribution is -2.01. The van der Waals surface area contributed by atoms with Crippen molar-refractivity contribution in [3.63, 3.8) is 0 Å². The minimum atomic E-state index is 0.332. The third-order valence-electron chi connectivity index (χ3n) is 2.93. The normalized spacial score (nSPS) is 10.7. The molecule has 5 heteroatoms. The van der Waals surface area contributed by atoms with Gasteiger partial charge in [-0.25, -0.2) is 4.98 Å². The highest BCUT2D eigenvalue weighted by Crippen LogP contribution is 2.31. The van der Waals surface area contributed by atoms with Crippen molar-refractivity contribution in [2.24, 2.45) is 0 Å². The number of benzene rings is 2. The summed E-state index contributed by atoms with van der Waals surface area (Å²) >= 11 is 6.17. The molecule has 0 spiro atoms. The van der Waals surface area contributed by atoms with Crippen LogP contribution < -0.4 is 10.5 Å². The number of halogens is 1. The van der Waals surface area contributed by atoms with E-state index in [0.29, 0.717) is 17.4 Å². The van der Waals surface area contributed by atoms with Crippen molar-refractivity contribution in [2.75, 3.05) is 5.73 Å². The average Bonchev–Trinajstić information content (AvgIpc) is 2.49. The van der Waals surface area contributed by atoms with Gasteiger partial charge in [0.1, 0.15) is 18.2 Å². The molecule has 2 aromatic carbocycles. The van der Waals surface area contributed by atoms with E-state index in [1.54, 1.807) is 6.20 Å². The number of ether oxygens (including phenoxy) is 1. The summed E-state index contributed by atoms with van der Waals surface area (Å²) in [4.78, 5) is 8.13. The van der Waals surface area contributed by atoms with Crippen LogP contribution in [0.4, 0.5) is 5.82 Å². The molecular weight excluding hydrogens is 274 g/mol. The first-order valence-corrected chi connectivity index (χ1v) is 6.48. The summed E-state index contributed by atoms with van der Waals surface area (Å²) in [6.45, 7) is 0.332. The van der Waals surface area contributed by atoms with Gasteiger partial charge in [0.25, 0.3) is 0 Å². The summed E-state index contributed by atoms with van der Waals surface area (Å²) in [5.74, 6) is 1.16. The maximum atomic E-state index is 6.17. The van der Waals surface area contributed by atoms with E-state index in [-0.39, 0.29) is 0 Å². The number of rotatable bonds is 3. The lowest BCUT2D eigenvalue weighted by molar-refractivity contribution is 0.304. The van der Waals surface area contributed by atoms with Gasteiger partial charge in [0, 0.05) is 15.8 Å². The Morgan fingerprint density at radius 3 is 2.55 bits per heavy atom. The van der Waals surface area contributed by atoms with E-state index in [0.717, 1.165) is 22.2 Å². The van der Waals surface area contributed by atoms with Crippen molar-refractivity contribution in [3.8, 4) is 5.75 Å². The van der Waals surface area contributed by atoms with Gasteiger partial charge in [0.15, 0.2) is 0 Å². The number of aromatic nitrogens is 2. The van der Waals surface area contributed by atoms with E-state index >= 15 is 0 Å². The fraction of sp³-hybridized carbons (Fsp3) is 0.0667. The predicted molar refractivity (Wildman–Crippen MR) is 79.7 cm³/mol. The second-order valence-electron chi connectivity index (χ2n) is 4.31. The molecule has 0 saturated heterocycles. The van der Waals surface area contributed by atoms with Gasteiger partial charge in [-0.1, -0.05) is 35.9 Å². The molecule has 4 nitrogen and oxygen atoms in total. The molecule has 0 amide bonds. The van der Waals surface area contributed by atoms with Crippen LogP contribution in [-0.2, 0) is 6.61 Å². The molecular formula is C15H12ClN3O. The van der Waals surface area contributed by atoms with Crippen molar-refractivity contribution in [2.45, 2.75) is 6.61 Å². The minimum Gasteiger partial charge on any atom is -0.487 e.